The summed E-state index contributed by atoms with van der Waals surface area (Å²) < 4.78 is 2.91. The van der Waals surface area contributed by atoms with Crippen molar-refractivity contribution in [2.75, 3.05) is 6.54 Å². The minimum atomic E-state index is -0.178. The molecule has 0 bridgehead atoms. The highest BCUT2D eigenvalue weighted by atomic mass is 32.1. The van der Waals surface area contributed by atoms with Gasteiger partial charge in [-0.25, -0.2) is 14.5 Å². The van der Waals surface area contributed by atoms with Crippen LogP contribution in [0.15, 0.2) is 40.6 Å². The number of nitrogens with one attached hydrogen (secondary N) is 1. The van der Waals surface area contributed by atoms with Crippen molar-refractivity contribution in [3.8, 4) is 0 Å². The standard InChI is InChI=1S/C16H17N5O2S/c1-12-18-13(11-24-12)6-7-15(22)17-8-4-10-21-16(23)20-9-3-2-5-14(20)19-21/h2-3,5-7,9,11H,4,8,10H2,1H3,(H,17,22)/b7-6-. The lowest BCUT2D eigenvalue weighted by molar-refractivity contribution is -0.116. The third-order valence-corrected chi connectivity index (χ3v) is 4.17. The van der Waals surface area contributed by atoms with Gasteiger partial charge in [-0.15, -0.1) is 16.4 Å². The number of aryl methyl sites for hydroxylation is 2. The molecule has 0 radical (unpaired) electrons. The van der Waals surface area contributed by atoms with Gasteiger partial charge in [-0.3, -0.25) is 9.20 Å². The van der Waals surface area contributed by atoms with Gasteiger partial charge in [0, 0.05) is 30.7 Å². The zero-order valence-corrected chi connectivity index (χ0v) is 14.0. The minimum absolute atomic E-state index is 0.171. The molecular weight excluding hydrogens is 326 g/mol. The van der Waals surface area contributed by atoms with Crippen LogP contribution in [0.1, 0.15) is 17.1 Å². The van der Waals surface area contributed by atoms with E-state index in [1.807, 2.05) is 18.4 Å². The van der Waals surface area contributed by atoms with E-state index in [1.54, 1.807) is 35.7 Å². The van der Waals surface area contributed by atoms with Crippen LogP contribution in [0, 0.1) is 6.92 Å². The first-order chi connectivity index (χ1) is 11.6. The largest absolute Gasteiger partial charge is 0.352 e. The van der Waals surface area contributed by atoms with E-state index in [9.17, 15) is 9.59 Å². The smallest absolute Gasteiger partial charge is 0.350 e. The van der Waals surface area contributed by atoms with E-state index >= 15 is 0 Å². The molecule has 124 valence electrons. The lowest BCUT2D eigenvalue weighted by Gasteiger charge is -2.01. The molecule has 24 heavy (non-hydrogen) atoms. The highest BCUT2D eigenvalue weighted by Gasteiger charge is 2.05. The average Bonchev–Trinajstić information content (AvgIpc) is 3.14. The minimum Gasteiger partial charge on any atom is -0.352 e. The van der Waals surface area contributed by atoms with Gasteiger partial charge in [0.2, 0.25) is 5.91 Å². The van der Waals surface area contributed by atoms with E-state index < -0.39 is 0 Å². The number of hydrogen-bond acceptors (Lipinski definition) is 5. The molecule has 3 heterocycles. The number of fused-ring (bicyclic) bond motifs is 1. The normalized spacial score (nSPS) is 11.4. The molecule has 0 aliphatic carbocycles. The SMILES string of the molecule is Cc1nc(/C=C\C(=O)NCCCn2nc3ccccn3c2=O)cs1. The summed E-state index contributed by atoms with van der Waals surface area (Å²) in [5, 5.41) is 9.89. The van der Waals surface area contributed by atoms with Gasteiger partial charge in [0.05, 0.1) is 10.7 Å². The second-order valence-corrected chi connectivity index (χ2v) is 6.27. The fourth-order valence-electron chi connectivity index (χ4n) is 2.23. The van der Waals surface area contributed by atoms with Crippen molar-refractivity contribution in [2.24, 2.45) is 0 Å². The number of carbonyl (C=O) groups is 1. The van der Waals surface area contributed by atoms with Gasteiger partial charge in [0.15, 0.2) is 5.65 Å². The summed E-state index contributed by atoms with van der Waals surface area (Å²) in [4.78, 5) is 28.1. The van der Waals surface area contributed by atoms with Crippen LogP contribution in [-0.2, 0) is 11.3 Å². The van der Waals surface area contributed by atoms with Gasteiger partial charge >= 0.3 is 5.69 Å². The third-order valence-electron chi connectivity index (χ3n) is 3.38. The fraction of sp³-hybridized carbons (Fsp3) is 0.250. The first kappa shape index (κ1) is 16.1. The molecule has 3 rings (SSSR count). The second kappa shape index (κ2) is 7.22. The molecule has 0 saturated carbocycles. The third kappa shape index (κ3) is 3.77. The monoisotopic (exact) mass is 343 g/mol. The highest BCUT2D eigenvalue weighted by Crippen LogP contribution is 2.08. The molecular formula is C16H17N5O2S. The summed E-state index contributed by atoms with van der Waals surface area (Å²) in [6.07, 6.45) is 5.46. The van der Waals surface area contributed by atoms with Gasteiger partial charge in [0.1, 0.15) is 0 Å². The molecule has 8 heteroatoms. The van der Waals surface area contributed by atoms with Crippen LogP contribution in [-0.4, -0.2) is 31.6 Å². The Bertz CT molecular complexity index is 937. The Morgan fingerprint density at radius 1 is 1.42 bits per heavy atom. The maximum atomic E-state index is 12.1. The van der Waals surface area contributed by atoms with E-state index in [0.717, 1.165) is 10.7 Å². The number of amides is 1. The van der Waals surface area contributed by atoms with Crippen LogP contribution in [0.2, 0.25) is 0 Å². The van der Waals surface area contributed by atoms with Crippen LogP contribution >= 0.6 is 11.3 Å². The van der Waals surface area contributed by atoms with Crippen LogP contribution < -0.4 is 11.0 Å². The van der Waals surface area contributed by atoms with Crippen LogP contribution in [0.25, 0.3) is 11.7 Å². The number of carbonyl (C=O) groups excluding carboxylic acids is 1. The summed E-state index contributed by atoms with van der Waals surface area (Å²) in [5.41, 5.74) is 1.23. The quantitative estimate of drug-likeness (QED) is 0.543. The topological polar surface area (TPSA) is 81.3 Å². The van der Waals surface area contributed by atoms with Crippen molar-refractivity contribution in [2.45, 2.75) is 19.9 Å². The van der Waals surface area contributed by atoms with Crippen molar-refractivity contribution in [1.29, 1.82) is 0 Å². The zero-order chi connectivity index (χ0) is 16.9. The first-order valence-electron chi connectivity index (χ1n) is 7.56. The van der Waals surface area contributed by atoms with E-state index in [4.69, 9.17) is 0 Å². The summed E-state index contributed by atoms with van der Waals surface area (Å²) in [7, 11) is 0. The molecule has 1 N–H and O–H groups in total. The van der Waals surface area contributed by atoms with Gasteiger partial charge in [-0.1, -0.05) is 6.07 Å². The molecule has 3 aromatic heterocycles. The van der Waals surface area contributed by atoms with Crippen molar-refractivity contribution in [3.63, 3.8) is 0 Å². The van der Waals surface area contributed by atoms with E-state index in [0.29, 0.717) is 25.2 Å². The predicted molar refractivity (Wildman–Crippen MR) is 93.0 cm³/mol. The van der Waals surface area contributed by atoms with E-state index in [2.05, 4.69) is 15.4 Å². The summed E-state index contributed by atoms with van der Waals surface area (Å²) in [6, 6.07) is 5.41. The molecule has 0 atom stereocenters. The van der Waals surface area contributed by atoms with Crippen LogP contribution in [0.5, 0.6) is 0 Å². The van der Waals surface area contributed by atoms with Crippen LogP contribution in [0.4, 0.5) is 0 Å². The maximum absolute atomic E-state index is 12.1. The Balaban J connectivity index is 1.48. The van der Waals surface area contributed by atoms with Crippen molar-refractivity contribution in [1.82, 2.24) is 24.5 Å². The molecule has 0 aliphatic heterocycles. The molecule has 7 nitrogen and oxygen atoms in total. The number of pyridine rings is 1. The molecule has 0 spiro atoms. The van der Waals surface area contributed by atoms with Gasteiger partial charge in [-0.05, 0) is 31.6 Å². The Hall–Kier alpha value is -2.74. The molecule has 0 aromatic carbocycles. The highest BCUT2D eigenvalue weighted by molar-refractivity contribution is 7.09. The number of thiazole rings is 1. The van der Waals surface area contributed by atoms with Crippen molar-refractivity contribution in [3.05, 3.63) is 57.0 Å². The lowest BCUT2D eigenvalue weighted by Crippen LogP contribution is -2.26. The number of aromatic nitrogens is 4. The second-order valence-electron chi connectivity index (χ2n) is 5.20. The fourth-order valence-corrected chi connectivity index (χ4v) is 2.81. The molecule has 1 amide bonds. The molecule has 0 saturated heterocycles. The van der Waals surface area contributed by atoms with E-state index in [-0.39, 0.29) is 11.6 Å². The summed E-state index contributed by atoms with van der Waals surface area (Å²) in [6.45, 7) is 2.85. The van der Waals surface area contributed by atoms with Crippen molar-refractivity contribution < 1.29 is 4.79 Å². The van der Waals surface area contributed by atoms with Gasteiger partial charge in [-0.2, -0.15) is 0 Å². The zero-order valence-electron chi connectivity index (χ0n) is 13.2. The first-order valence-corrected chi connectivity index (χ1v) is 8.44. The Morgan fingerprint density at radius 2 is 2.29 bits per heavy atom. The molecule has 0 aliphatic rings. The van der Waals surface area contributed by atoms with Gasteiger partial charge < -0.3 is 5.32 Å². The Kier molecular flexibility index (Phi) is 4.85. The summed E-state index contributed by atoms with van der Waals surface area (Å²) >= 11 is 1.54. The number of hydrogen-bond donors (Lipinski definition) is 1. The summed E-state index contributed by atoms with van der Waals surface area (Å²) in [5.74, 6) is -0.178. The Morgan fingerprint density at radius 3 is 3.04 bits per heavy atom. The Labute approximate surface area is 142 Å². The van der Waals surface area contributed by atoms with Crippen LogP contribution in [0.3, 0.4) is 0 Å². The van der Waals surface area contributed by atoms with E-state index in [1.165, 1.54) is 15.2 Å². The van der Waals surface area contributed by atoms with Crippen molar-refractivity contribution >= 4 is 29.0 Å². The van der Waals surface area contributed by atoms with Gasteiger partial charge in [0.25, 0.3) is 0 Å². The molecule has 0 unspecified atom stereocenters. The average molecular weight is 343 g/mol. The molecule has 3 aromatic rings. The number of rotatable bonds is 6. The lowest BCUT2D eigenvalue weighted by atomic mass is 10.3. The predicted octanol–water partition coefficient (Wildman–Crippen LogP) is 1.48. The molecule has 0 fully saturated rings. The maximum Gasteiger partial charge on any atom is 0.350 e. The number of nitrogens with zero attached hydrogens (tertiary/aromatic N) is 4.